The van der Waals surface area contributed by atoms with Crippen molar-refractivity contribution in [3.8, 4) is 0 Å². The van der Waals surface area contributed by atoms with E-state index in [0.29, 0.717) is 0 Å². The molecule has 1 N–H and O–H groups in total. The lowest BCUT2D eigenvalue weighted by Gasteiger charge is -2.45. The summed E-state index contributed by atoms with van der Waals surface area (Å²) in [5, 5.41) is 11.6. The maximum absolute atomic E-state index is 5.45. The zero-order chi connectivity index (χ0) is 26.2. The molecule has 2 unspecified atom stereocenters. The van der Waals surface area contributed by atoms with Crippen molar-refractivity contribution in [3.05, 3.63) is 161 Å². The number of amidine groups is 1. The first kappa shape index (κ1) is 23.7. The molecule has 190 valence electrons. The third-order valence-electron chi connectivity index (χ3n) is 7.64. The van der Waals surface area contributed by atoms with Gasteiger partial charge in [0.1, 0.15) is 0 Å². The SMILES string of the molecule is Brc1ccccc1C1CC2(c3ccccc3)N(c3ccccc3)N=C(c3ccccc3)N2c2ccccc2N1. The van der Waals surface area contributed by atoms with Gasteiger partial charge in [-0.25, -0.2) is 5.01 Å². The van der Waals surface area contributed by atoms with Gasteiger partial charge < -0.3 is 5.32 Å². The van der Waals surface area contributed by atoms with E-state index in [0.717, 1.165) is 39.4 Å². The molecule has 0 saturated heterocycles. The number of halogens is 1. The van der Waals surface area contributed by atoms with E-state index < -0.39 is 5.66 Å². The second kappa shape index (κ2) is 9.75. The van der Waals surface area contributed by atoms with Crippen LogP contribution in [-0.4, -0.2) is 5.84 Å². The predicted octanol–water partition coefficient (Wildman–Crippen LogP) is 8.55. The van der Waals surface area contributed by atoms with Crippen LogP contribution in [0.4, 0.5) is 17.1 Å². The highest BCUT2D eigenvalue weighted by Crippen LogP contribution is 2.54. The van der Waals surface area contributed by atoms with Crippen LogP contribution in [0.15, 0.2) is 149 Å². The maximum Gasteiger partial charge on any atom is 0.168 e. The molecule has 0 amide bonds. The molecular formula is C34H27BrN4. The summed E-state index contributed by atoms with van der Waals surface area (Å²) in [7, 11) is 0. The van der Waals surface area contributed by atoms with Gasteiger partial charge in [0.2, 0.25) is 0 Å². The number of hydrogen-bond acceptors (Lipinski definition) is 4. The Hall–Kier alpha value is -4.35. The van der Waals surface area contributed by atoms with Crippen molar-refractivity contribution in [3.63, 3.8) is 0 Å². The topological polar surface area (TPSA) is 30.9 Å². The van der Waals surface area contributed by atoms with E-state index in [4.69, 9.17) is 5.10 Å². The number of benzene rings is 5. The van der Waals surface area contributed by atoms with E-state index in [-0.39, 0.29) is 6.04 Å². The summed E-state index contributed by atoms with van der Waals surface area (Å²) in [6.45, 7) is 0. The van der Waals surface area contributed by atoms with E-state index in [9.17, 15) is 0 Å². The highest BCUT2D eigenvalue weighted by atomic mass is 79.9. The van der Waals surface area contributed by atoms with Crippen LogP contribution in [-0.2, 0) is 5.66 Å². The fraction of sp³-hybridized carbons (Fsp3) is 0.0882. The second-order valence-electron chi connectivity index (χ2n) is 9.89. The molecule has 7 rings (SSSR count). The van der Waals surface area contributed by atoms with Crippen LogP contribution in [0, 0.1) is 0 Å². The van der Waals surface area contributed by atoms with Crippen LogP contribution in [0.1, 0.15) is 29.2 Å². The minimum atomic E-state index is -0.645. The van der Waals surface area contributed by atoms with Gasteiger partial charge in [-0.3, -0.25) is 4.90 Å². The molecule has 2 aliphatic rings. The van der Waals surface area contributed by atoms with Gasteiger partial charge >= 0.3 is 0 Å². The molecule has 5 aromatic carbocycles. The molecule has 2 heterocycles. The standard InChI is InChI=1S/C34H27BrN4/c35-29-21-11-10-20-28(29)31-24-34(26-16-6-2-7-17-26)38(32-23-13-12-22-30(32)36-31)33(25-14-4-1-5-15-25)37-39(34)27-18-8-3-9-19-27/h1-23,31,36H,24H2. The normalized spacial score (nSPS) is 19.9. The molecule has 0 radical (unpaired) electrons. The van der Waals surface area contributed by atoms with E-state index >= 15 is 0 Å². The Morgan fingerprint density at radius 1 is 0.692 bits per heavy atom. The Bertz CT molecular complexity index is 1640. The molecule has 0 aliphatic carbocycles. The van der Waals surface area contributed by atoms with Crippen LogP contribution in [0.25, 0.3) is 0 Å². The van der Waals surface area contributed by atoms with Crippen molar-refractivity contribution >= 4 is 38.8 Å². The number of nitrogens with zero attached hydrogens (tertiary/aromatic N) is 3. The average molecular weight is 572 g/mol. The van der Waals surface area contributed by atoms with Crippen LogP contribution >= 0.6 is 15.9 Å². The Balaban J connectivity index is 1.56. The number of fused-ring (bicyclic) bond motifs is 3. The van der Waals surface area contributed by atoms with Crippen LogP contribution in [0.2, 0.25) is 0 Å². The van der Waals surface area contributed by atoms with Gasteiger partial charge in [-0.2, -0.15) is 5.10 Å². The fourth-order valence-electron chi connectivity index (χ4n) is 5.93. The number of hydrazone groups is 1. The van der Waals surface area contributed by atoms with Crippen molar-refractivity contribution in [2.75, 3.05) is 15.2 Å². The number of hydrogen-bond donors (Lipinski definition) is 1. The van der Waals surface area contributed by atoms with Crippen LogP contribution in [0.3, 0.4) is 0 Å². The highest BCUT2D eigenvalue weighted by molar-refractivity contribution is 9.10. The quantitative estimate of drug-likeness (QED) is 0.235. The van der Waals surface area contributed by atoms with Crippen molar-refractivity contribution in [1.29, 1.82) is 0 Å². The minimum absolute atomic E-state index is 0.00321. The third-order valence-corrected chi connectivity index (χ3v) is 8.36. The lowest BCUT2D eigenvalue weighted by molar-refractivity contribution is 0.388. The summed E-state index contributed by atoms with van der Waals surface area (Å²) in [6.07, 6.45) is 0.739. The molecule has 4 nitrogen and oxygen atoms in total. The van der Waals surface area contributed by atoms with Gasteiger partial charge in [-0.1, -0.05) is 125 Å². The van der Waals surface area contributed by atoms with Gasteiger partial charge in [-0.05, 0) is 35.9 Å². The summed E-state index contributed by atoms with van der Waals surface area (Å²) in [6, 6.07) is 49.0. The number of para-hydroxylation sites is 3. The van der Waals surface area contributed by atoms with Gasteiger partial charge in [0, 0.05) is 22.0 Å². The molecule has 0 aromatic heterocycles. The van der Waals surface area contributed by atoms with Crippen molar-refractivity contribution in [1.82, 2.24) is 0 Å². The lowest BCUT2D eigenvalue weighted by Crippen LogP contribution is -2.54. The summed E-state index contributed by atoms with van der Waals surface area (Å²) in [4.78, 5) is 2.45. The van der Waals surface area contributed by atoms with Gasteiger partial charge in [0.15, 0.2) is 11.5 Å². The predicted molar refractivity (Wildman–Crippen MR) is 164 cm³/mol. The summed E-state index contributed by atoms with van der Waals surface area (Å²) < 4.78 is 1.09. The Morgan fingerprint density at radius 2 is 1.31 bits per heavy atom. The van der Waals surface area contributed by atoms with Gasteiger partial charge in [0.25, 0.3) is 0 Å². The van der Waals surface area contributed by atoms with E-state index in [1.807, 2.05) is 0 Å². The van der Waals surface area contributed by atoms with Gasteiger partial charge in [-0.15, -0.1) is 0 Å². The van der Waals surface area contributed by atoms with Crippen molar-refractivity contribution in [2.24, 2.45) is 5.10 Å². The molecule has 39 heavy (non-hydrogen) atoms. The summed E-state index contributed by atoms with van der Waals surface area (Å²) >= 11 is 3.86. The minimum Gasteiger partial charge on any atom is -0.376 e. The summed E-state index contributed by atoms with van der Waals surface area (Å²) in [5.41, 5.74) is 6.04. The molecule has 0 bridgehead atoms. The first-order chi connectivity index (χ1) is 19.3. The molecule has 5 aromatic rings. The monoisotopic (exact) mass is 570 g/mol. The first-order valence-electron chi connectivity index (χ1n) is 13.2. The molecule has 0 saturated carbocycles. The Kier molecular flexibility index (Phi) is 5.94. The largest absolute Gasteiger partial charge is 0.376 e. The number of rotatable bonds is 4. The second-order valence-corrected chi connectivity index (χ2v) is 10.7. The molecular weight excluding hydrogens is 544 g/mol. The smallest absolute Gasteiger partial charge is 0.168 e. The van der Waals surface area contributed by atoms with E-state index in [1.54, 1.807) is 0 Å². The van der Waals surface area contributed by atoms with Crippen LogP contribution < -0.4 is 15.2 Å². The zero-order valence-corrected chi connectivity index (χ0v) is 22.9. The molecule has 5 heteroatoms. The zero-order valence-electron chi connectivity index (χ0n) is 21.3. The van der Waals surface area contributed by atoms with Gasteiger partial charge in [0.05, 0.1) is 23.1 Å². The van der Waals surface area contributed by atoms with Crippen molar-refractivity contribution < 1.29 is 0 Å². The van der Waals surface area contributed by atoms with Crippen molar-refractivity contribution in [2.45, 2.75) is 18.1 Å². The molecule has 0 fully saturated rings. The fourth-order valence-corrected chi connectivity index (χ4v) is 6.49. The molecule has 2 atom stereocenters. The summed E-state index contributed by atoms with van der Waals surface area (Å²) in [5.74, 6) is 0.922. The lowest BCUT2D eigenvalue weighted by atomic mass is 9.86. The van der Waals surface area contributed by atoms with Crippen LogP contribution in [0.5, 0.6) is 0 Å². The first-order valence-corrected chi connectivity index (χ1v) is 14.0. The van der Waals surface area contributed by atoms with E-state index in [1.165, 1.54) is 11.1 Å². The third kappa shape index (κ3) is 3.93. The Labute approximate surface area is 237 Å². The van der Waals surface area contributed by atoms with E-state index in [2.05, 4.69) is 171 Å². The molecule has 0 spiro atoms. The number of nitrogens with one attached hydrogen (secondary N) is 1. The average Bonchev–Trinajstić information content (AvgIpc) is 3.26. The highest BCUT2D eigenvalue weighted by Gasteiger charge is 2.55. The molecule has 2 aliphatic heterocycles. The maximum atomic E-state index is 5.45. The number of anilines is 3. The Morgan fingerprint density at radius 3 is 2.05 bits per heavy atom.